The molecule has 1 heterocycles. The molecule has 1 fully saturated rings. The number of carbonyl (C=O) groups excluding carboxylic acids is 1. The average molecular weight is 468 g/mol. The van der Waals surface area contributed by atoms with Crippen LogP contribution in [0.4, 0.5) is 0 Å². The normalized spacial score (nSPS) is 16.5. The van der Waals surface area contributed by atoms with Gasteiger partial charge in [0.2, 0.25) is 5.91 Å². The summed E-state index contributed by atoms with van der Waals surface area (Å²) in [6.45, 7) is 3.02. The third-order valence-electron chi connectivity index (χ3n) is 6.35. The van der Waals surface area contributed by atoms with Gasteiger partial charge in [0.1, 0.15) is 11.5 Å². The van der Waals surface area contributed by atoms with Crippen LogP contribution in [0.15, 0.2) is 85.1 Å². The second kappa shape index (κ2) is 10.1. The summed E-state index contributed by atoms with van der Waals surface area (Å²) in [6, 6.07) is 25.9. The van der Waals surface area contributed by atoms with Crippen molar-refractivity contribution in [3.63, 3.8) is 0 Å². The van der Waals surface area contributed by atoms with Crippen molar-refractivity contribution in [3.8, 4) is 28.4 Å². The lowest BCUT2D eigenvalue weighted by Crippen LogP contribution is -2.25. The molecule has 6 heteroatoms. The van der Waals surface area contributed by atoms with E-state index in [0.29, 0.717) is 13.2 Å². The van der Waals surface area contributed by atoms with Gasteiger partial charge in [0.05, 0.1) is 25.1 Å². The molecule has 1 aliphatic rings. The quantitative estimate of drug-likeness (QED) is 0.360. The molecule has 35 heavy (non-hydrogen) atoms. The Morgan fingerprint density at radius 1 is 1.03 bits per heavy atom. The van der Waals surface area contributed by atoms with Crippen LogP contribution in [0.5, 0.6) is 11.5 Å². The van der Waals surface area contributed by atoms with Crippen LogP contribution < -0.4 is 14.8 Å². The van der Waals surface area contributed by atoms with E-state index in [1.54, 1.807) is 7.11 Å². The fraction of sp³-hybridized carbons (Fsp3) is 0.241. The van der Waals surface area contributed by atoms with E-state index in [-0.39, 0.29) is 17.7 Å². The number of ether oxygens (including phenoxy) is 2. The van der Waals surface area contributed by atoms with E-state index in [1.165, 1.54) is 5.56 Å². The highest BCUT2D eigenvalue weighted by Crippen LogP contribution is 2.47. The molecule has 1 saturated carbocycles. The highest BCUT2D eigenvalue weighted by Gasteiger charge is 2.43. The molecule has 5 rings (SSSR count). The van der Waals surface area contributed by atoms with Crippen molar-refractivity contribution in [2.45, 2.75) is 25.8 Å². The summed E-state index contributed by atoms with van der Waals surface area (Å²) in [5.41, 5.74) is 4.87. The van der Waals surface area contributed by atoms with Crippen molar-refractivity contribution in [2.75, 3.05) is 13.7 Å². The van der Waals surface area contributed by atoms with Gasteiger partial charge in [-0.2, -0.15) is 5.10 Å². The number of carbonyl (C=O) groups is 1. The van der Waals surface area contributed by atoms with Gasteiger partial charge in [-0.3, -0.25) is 4.79 Å². The molecule has 1 amide bonds. The van der Waals surface area contributed by atoms with Gasteiger partial charge >= 0.3 is 0 Å². The van der Waals surface area contributed by atoms with Crippen LogP contribution in [-0.2, 0) is 11.3 Å². The Balaban J connectivity index is 1.32. The number of methoxy groups -OCH3 is 1. The number of benzene rings is 3. The van der Waals surface area contributed by atoms with Gasteiger partial charge in [-0.25, -0.2) is 4.68 Å². The first kappa shape index (κ1) is 22.7. The van der Waals surface area contributed by atoms with Gasteiger partial charge in [-0.1, -0.05) is 42.5 Å². The predicted molar refractivity (Wildman–Crippen MR) is 136 cm³/mol. The number of hydrogen-bond donors (Lipinski definition) is 1. The van der Waals surface area contributed by atoms with Gasteiger partial charge < -0.3 is 14.8 Å². The molecular formula is C29H29N3O3. The van der Waals surface area contributed by atoms with Gasteiger partial charge in [-0.05, 0) is 61.2 Å². The Morgan fingerprint density at radius 3 is 2.57 bits per heavy atom. The molecule has 2 unspecified atom stereocenters. The largest absolute Gasteiger partial charge is 0.497 e. The number of nitrogens with zero attached hydrogens (tertiary/aromatic N) is 2. The zero-order valence-corrected chi connectivity index (χ0v) is 20.0. The first-order valence-electron chi connectivity index (χ1n) is 11.9. The van der Waals surface area contributed by atoms with Crippen molar-refractivity contribution in [1.29, 1.82) is 0 Å². The van der Waals surface area contributed by atoms with Crippen molar-refractivity contribution in [1.82, 2.24) is 15.1 Å². The minimum absolute atomic E-state index is 0.00242. The van der Waals surface area contributed by atoms with Gasteiger partial charge in [0.25, 0.3) is 0 Å². The molecule has 1 N–H and O–H groups in total. The van der Waals surface area contributed by atoms with E-state index in [1.807, 2.05) is 84.5 Å². The lowest BCUT2D eigenvalue weighted by Gasteiger charge is -2.07. The first-order chi connectivity index (χ1) is 17.2. The number of rotatable bonds is 9. The predicted octanol–water partition coefficient (Wildman–Crippen LogP) is 5.37. The summed E-state index contributed by atoms with van der Waals surface area (Å²) in [5, 5.41) is 8.00. The molecule has 0 radical (unpaired) electrons. The minimum atomic E-state index is -0.00242. The number of amides is 1. The molecule has 6 nitrogen and oxygen atoms in total. The monoisotopic (exact) mass is 467 g/mol. The van der Waals surface area contributed by atoms with E-state index in [2.05, 4.69) is 17.4 Å². The summed E-state index contributed by atoms with van der Waals surface area (Å²) in [7, 11) is 1.65. The third-order valence-corrected chi connectivity index (χ3v) is 6.35. The highest BCUT2D eigenvalue weighted by molar-refractivity contribution is 5.83. The Labute approximate surface area is 205 Å². The Bertz CT molecular complexity index is 1300. The number of hydrogen-bond acceptors (Lipinski definition) is 4. The topological polar surface area (TPSA) is 65.4 Å². The maximum atomic E-state index is 13.0. The smallest absolute Gasteiger partial charge is 0.224 e. The molecular weight excluding hydrogens is 438 g/mol. The zero-order chi connectivity index (χ0) is 24.2. The highest BCUT2D eigenvalue weighted by atomic mass is 16.5. The fourth-order valence-electron chi connectivity index (χ4n) is 4.41. The van der Waals surface area contributed by atoms with Gasteiger partial charge in [0, 0.05) is 29.8 Å². The first-order valence-corrected chi connectivity index (χ1v) is 11.9. The molecule has 3 aromatic carbocycles. The van der Waals surface area contributed by atoms with Crippen LogP contribution in [0, 0.1) is 5.92 Å². The van der Waals surface area contributed by atoms with Crippen LogP contribution >= 0.6 is 0 Å². The van der Waals surface area contributed by atoms with Gasteiger partial charge in [0.15, 0.2) is 0 Å². The van der Waals surface area contributed by atoms with Crippen LogP contribution in [-0.4, -0.2) is 29.4 Å². The Morgan fingerprint density at radius 2 is 1.83 bits per heavy atom. The van der Waals surface area contributed by atoms with E-state index < -0.39 is 0 Å². The lowest BCUT2D eigenvalue weighted by atomic mass is 10.1. The van der Waals surface area contributed by atoms with Crippen molar-refractivity contribution in [3.05, 3.63) is 96.2 Å². The average Bonchev–Trinajstić information content (AvgIpc) is 3.60. The van der Waals surface area contributed by atoms with Crippen LogP contribution in [0.2, 0.25) is 0 Å². The molecule has 178 valence electrons. The molecule has 1 aliphatic carbocycles. The standard InChI is InChI=1S/C29H29N3O3/c1-3-35-24-14-12-20(13-15-24)26-17-27(26)29(33)30-18-22-19-32(23-9-5-4-6-10-23)31-28(22)21-8-7-11-25(16-21)34-2/h4-16,19,26-27H,3,17-18H2,1-2H3,(H,30,33). The molecule has 1 aromatic heterocycles. The van der Waals surface area contributed by atoms with Crippen molar-refractivity contribution in [2.24, 2.45) is 5.92 Å². The molecule has 0 bridgehead atoms. The second-order valence-electron chi connectivity index (χ2n) is 8.68. The number of nitrogens with one attached hydrogen (secondary N) is 1. The zero-order valence-electron chi connectivity index (χ0n) is 20.0. The van der Waals surface area contributed by atoms with E-state index >= 15 is 0 Å². The minimum Gasteiger partial charge on any atom is -0.497 e. The molecule has 4 aromatic rings. The third kappa shape index (κ3) is 5.06. The summed E-state index contributed by atoms with van der Waals surface area (Å²) < 4.78 is 12.8. The number of para-hydroxylation sites is 1. The van der Waals surface area contributed by atoms with E-state index in [0.717, 1.165) is 40.4 Å². The second-order valence-corrected chi connectivity index (χ2v) is 8.68. The van der Waals surface area contributed by atoms with Crippen molar-refractivity contribution >= 4 is 5.91 Å². The molecule has 0 saturated heterocycles. The lowest BCUT2D eigenvalue weighted by molar-refractivity contribution is -0.122. The van der Waals surface area contributed by atoms with Crippen LogP contribution in [0.25, 0.3) is 16.9 Å². The summed E-state index contributed by atoms with van der Waals surface area (Å²) in [5.74, 6) is 1.96. The molecule has 0 spiro atoms. The van der Waals surface area contributed by atoms with E-state index in [4.69, 9.17) is 14.6 Å². The number of aromatic nitrogens is 2. The summed E-state index contributed by atoms with van der Waals surface area (Å²) in [4.78, 5) is 13.0. The maximum absolute atomic E-state index is 13.0. The SMILES string of the molecule is CCOc1ccc(C2CC2C(=O)NCc2cn(-c3ccccc3)nc2-c2cccc(OC)c2)cc1. The van der Waals surface area contributed by atoms with E-state index in [9.17, 15) is 4.79 Å². The molecule has 2 atom stereocenters. The summed E-state index contributed by atoms with van der Waals surface area (Å²) in [6.07, 6.45) is 2.85. The van der Waals surface area contributed by atoms with Crippen LogP contribution in [0.3, 0.4) is 0 Å². The Hall–Kier alpha value is -4.06. The maximum Gasteiger partial charge on any atom is 0.224 e. The summed E-state index contributed by atoms with van der Waals surface area (Å²) >= 11 is 0. The molecule has 0 aliphatic heterocycles. The fourth-order valence-corrected chi connectivity index (χ4v) is 4.41. The Kier molecular flexibility index (Phi) is 6.53. The van der Waals surface area contributed by atoms with Crippen LogP contribution in [0.1, 0.15) is 30.4 Å². The van der Waals surface area contributed by atoms with Crippen molar-refractivity contribution < 1.29 is 14.3 Å². The van der Waals surface area contributed by atoms with Gasteiger partial charge in [-0.15, -0.1) is 0 Å².